The maximum atomic E-state index is 11.4. The van der Waals surface area contributed by atoms with E-state index in [4.69, 9.17) is 4.74 Å². The number of cyclic esters (lactones) is 1. The van der Waals surface area contributed by atoms with Gasteiger partial charge < -0.3 is 9.94 Å². The maximum Gasteiger partial charge on any atom is 0.396 e. The summed E-state index contributed by atoms with van der Waals surface area (Å²) in [6, 6.07) is 8.83. The third kappa shape index (κ3) is 1.59. The van der Waals surface area contributed by atoms with E-state index in [9.17, 15) is 10.0 Å². The Kier molecular flexibility index (Phi) is 2.18. The first-order valence-corrected chi connectivity index (χ1v) is 4.29. The van der Waals surface area contributed by atoms with E-state index in [0.29, 0.717) is 4.74 Å². The van der Waals surface area contributed by atoms with E-state index in [-0.39, 0.29) is 6.61 Å². The van der Waals surface area contributed by atoms with Crippen molar-refractivity contribution in [2.24, 2.45) is 0 Å². The molecule has 1 aromatic rings. The van der Waals surface area contributed by atoms with Gasteiger partial charge in [-0.25, -0.2) is 4.79 Å². The van der Waals surface area contributed by atoms with Crippen LogP contribution in [0, 0.1) is 5.21 Å². The lowest BCUT2D eigenvalue weighted by atomic mass is 10.1. The van der Waals surface area contributed by atoms with Crippen LogP contribution in [-0.4, -0.2) is 23.5 Å². The van der Waals surface area contributed by atoms with Gasteiger partial charge in [0.05, 0.1) is 0 Å². The predicted molar refractivity (Wildman–Crippen MR) is 49.8 cm³/mol. The Morgan fingerprint density at radius 1 is 1.36 bits per heavy atom. The number of benzene rings is 1. The van der Waals surface area contributed by atoms with Gasteiger partial charge in [0, 0.05) is 5.56 Å². The molecule has 2 rings (SSSR count). The lowest BCUT2D eigenvalue weighted by Gasteiger charge is -2.19. The van der Waals surface area contributed by atoms with Gasteiger partial charge in [0.2, 0.25) is 6.04 Å². The largest absolute Gasteiger partial charge is 0.623 e. The number of esters is 1. The Labute approximate surface area is 81.0 Å². The lowest BCUT2D eigenvalue weighted by molar-refractivity contribution is -0.511. The van der Waals surface area contributed by atoms with Crippen LogP contribution < -0.4 is 0 Å². The number of ether oxygens (including phenoxy) is 1. The van der Waals surface area contributed by atoms with E-state index in [0.717, 1.165) is 11.8 Å². The molecular formula is C10H9NO3. The first-order valence-electron chi connectivity index (χ1n) is 4.29. The summed E-state index contributed by atoms with van der Waals surface area (Å²) in [7, 11) is 0. The van der Waals surface area contributed by atoms with Gasteiger partial charge in [-0.15, -0.1) is 0 Å². The molecule has 0 fully saturated rings. The summed E-state index contributed by atoms with van der Waals surface area (Å²) in [5, 5.41) is 11.4. The molecule has 1 unspecified atom stereocenters. The number of carbonyl (C=O) groups excluding carboxylic acids is 1. The summed E-state index contributed by atoms with van der Waals surface area (Å²) in [5.74, 6) is -0.577. The van der Waals surface area contributed by atoms with Crippen molar-refractivity contribution in [2.45, 2.75) is 6.04 Å². The van der Waals surface area contributed by atoms with E-state index >= 15 is 0 Å². The quantitative estimate of drug-likeness (QED) is 0.376. The van der Waals surface area contributed by atoms with Crippen molar-refractivity contribution in [3.8, 4) is 0 Å². The molecule has 1 aromatic carbocycles. The Balaban J connectivity index is 2.29. The smallest absolute Gasteiger partial charge is 0.396 e. The fourth-order valence-electron chi connectivity index (χ4n) is 1.38. The van der Waals surface area contributed by atoms with Crippen molar-refractivity contribution in [2.75, 3.05) is 6.61 Å². The monoisotopic (exact) mass is 191 g/mol. The van der Waals surface area contributed by atoms with Gasteiger partial charge in [0.1, 0.15) is 0 Å². The van der Waals surface area contributed by atoms with E-state index < -0.39 is 12.0 Å². The summed E-state index contributed by atoms with van der Waals surface area (Å²) < 4.78 is 5.42. The highest BCUT2D eigenvalue weighted by molar-refractivity contribution is 6.21. The highest BCUT2D eigenvalue weighted by Gasteiger charge is 2.26. The van der Waals surface area contributed by atoms with Gasteiger partial charge in [0.25, 0.3) is 6.21 Å². The molecule has 0 saturated carbocycles. The van der Waals surface area contributed by atoms with Crippen molar-refractivity contribution < 1.29 is 14.3 Å². The van der Waals surface area contributed by atoms with Gasteiger partial charge in [-0.2, -0.15) is 4.74 Å². The summed E-state index contributed by atoms with van der Waals surface area (Å²) in [6.07, 6.45) is 0.932. The van der Waals surface area contributed by atoms with Crippen LogP contribution in [-0.2, 0) is 9.53 Å². The number of hydroxylamine groups is 1. The fourth-order valence-corrected chi connectivity index (χ4v) is 1.38. The molecule has 0 N–H and O–H groups in total. The van der Waals surface area contributed by atoms with Crippen molar-refractivity contribution in [1.82, 2.24) is 0 Å². The molecule has 4 heteroatoms. The molecule has 0 spiro atoms. The molecular weight excluding hydrogens is 182 g/mol. The summed E-state index contributed by atoms with van der Waals surface area (Å²) >= 11 is 0. The third-order valence-corrected chi connectivity index (χ3v) is 2.11. The van der Waals surface area contributed by atoms with Crippen LogP contribution >= 0.6 is 0 Å². The van der Waals surface area contributed by atoms with E-state index in [1.54, 1.807) is 0 Å². The molecule has 0 saturated heterocycles. The van der Waals surface area contributed by atoms with Crippen LogP contribution in [0.2, 0.25) is 0 Å². The zero-order chi connectivity index (χ0) is 9.97. The van der Waals surface area contributed by atoms with Crippen LogP contribution in [0.1, 0.15) is 11.6 Å². The Bertz CT molecular complexity index is 372. The molecule has 72 valence electrons. The third-order valence-electron chi connectivity index (χ3n) is 2.11. The second kappa shape index (κ2) is 3.49. The van der Waals surface area contributed by atoms with Crippen LogP contribution in [0.3, 0.4) is 0 Å². The predicted octanol–water partition coefficient (Wildman–Crippen LogP) is 0.866. The standard InChI is InChI=1S/C10H9NO3/c12-10-6-11(13)9(7-14-10)8-4-2-1-3-5-8/h1-6,9H,7H2. The molecule has 1 heterocycles. The molecule has 0 amide bonds. The second-order valence-corrected chi connectivity index (χ2v) is 3.05. The molecule has 0 bridgehead atoms. The van der Waals surface area contributed by atoms with E-state index in [1.165, 1.54) is 0 Å². The van der Waals surface area contributed by atoms with Gasteiger partial charge >= 0.3 is 5.97 Å². The fraction of sp³-hybridized carbons (Fsp3) is 0.200. The summed E-state index contributed by atoms with van der Waals surface area (Å²) in [4.78, 5) is 10.7. The first-order chi connectivity index (χ1) is 6.77. The summed E-state index contributed by atoms with van der Waals surface area (Å²) in [6.45, 7) is 0.114. The minimum absolute atomic E-state index is 0.114. The average Bonchev–Trinajstić information content (AvgIpc) is 2.19. The molecule has 0 radical (unpaired) electrons. The van der Waals surface area contributed by atoms with E-state index in [2.05, 4.69) is 0 Å². The van der Waals surface area contributed by atoms with Crippen LogP contribution in [0.25, 0.3) is 0 Å². The van der Waals surface area contributed by atoms with Crippen molar-refractivity contribution >= 4 is 12.2 Å². The zero-order valence-corrected chi connectivity index (χ0v) is 7.42. The topological polar surface area (TPSA) is 52.4 Å². The number of carbonyl (C=O) groups is 1. The van der Waals surface area contributed by atoms with Gasteiger partial charge in [-0.05, 0) is 0 Å². The Hall–Kier alpha value is -1.84. The van der Waals surface area contributed by atoms with Crippen LogP contribution in [0.15, 0.2) is 30.3 Å². The minimum Gasteiger partial charge on any atom is -0.623 e. The molecule has 0 aliphatic carbocycles. The number of nitrogens with zero attached hydrogens (tertiary/aromatic N) is 1. The van der Waals surface area contributed by atoms with Gasteiger partial charge in [-0.1, -0.05) is 30.3 Å². The highest BCUT2D eigenvalue weighted by atomic mass is 16.6. The number of hydrogen-bond donors (Lipinski definition) is 0. The SMILES string of the molecule is O=C1C=[N+]([O-])C(c2ccccc2)CO1. The van der Waals surface area contributed by atoms with Crippen molar-refractivity contribution in [3.63, 3.8) is 0 Å². The molecule has 0 aromatic heterocycles. The Morgan fingerprint density at radius 3 is 2.71 bits per heavy atom. The second-order valence-electron chi connectivity index (χ2n) is 3.05. The maximum absolute atomic E-state index is 11.4. The van der Waals surface area contributed by atoms with Crippen molar-refractivity contribution in [1.29, 1.82) is 0 Å². The Morgan fingerprint density at radius 2 is 2.07 bits per heavy atom. The van der Waals surface area contributed by atoms with Gasteiger partial charge in [0.15, 0.2) is 6.61 Å². The molecule has 1 aliphatic heterocycles. The lowest BCUT2D eigenvalue weighted by Crippen LogP contribution is -2.30. The van der Waals surface area contributed by atoms with Crippen LogP contribution in [0.5, 0.6) is 0 Å². The van der Waals surface area contributed by atoms with Gasteiger partial charge in [-0.3, -0.25) is 0 Å². The zero-order valence-electron chi connectivity index (χ0n) is 7.42. The number of hydrogen-bond acceptors (Lipinski definition) is 3. The molecule has 1 atom stereocenters. The minimum atomic E-state index is -0.577. The molecule has 14 heavy (non-hydrogen) atoms. The van der Waals surface area contributed by atoms with Crippen LogP contribution in [0.4, 0.5) is 0 Å². The van der Waals surface area contributed by atoms with Crippen molar-refractivity contribution in [3.05, 3.63) is 41.1 Å². The first kappa shape index (κ1) is 8.74. The van der Waals surface area contributed by atoms with E-state index in [1.807, 2.05) is 30.3 Å². The highest BCUT2D eigenvalue weighted by Crippen LogP contribution is 2.18. The average molecular weight is 191 g/mol. The molecule has 4 nitrogen and oxygen atoms in total. The summed E-state index contributed by atoms with van der Waals surface area (Å²) in [5.41, 5.74) is 0.853. The molecule has 1 aliphatic rings. The normalized spacial score (nSPS) is 21.3. The number of rotatable bonds is 1.